The fourth-order valence-corrected chi connectivity index (χ4v) is 5.42. The van der Waals surface area contributed by atoms with Gasteiger partial charge < -0.3 is 14.2 Å². The van der Waals surface area contributed by atoms with Crippen molar-refractivity contribution in [2.45, 2.75) is 66.1 Å². The lowest BCUT2D eigenvalue weighted by molar-refractivity contribution is -0.173. The van der Waals surface area contributed by atoms with Crippen molar-refractivity contribution < 1.29 is 28.6 Å². The van der Waals surface area contributed by atoms with Crippen molar-refractivity contribution in [2.75, 3.05) is 6.61 Å². The van der Waals surface area contributed by atoms with Crippen molar-refractivity contribution in [1.29, 1.82) is 0 Å². The highest BCUT2D eigenvalue weighted by molar-refractivity contribution is 5.88. The summed E-state index contributed by atoms with van der Waals surface area (Å²) < 4.78 is 17.0. The van der Waals surface area contributed by atoms with Gasteiger partial charge in [-0.2, -0.15) is 0 Å². The molecule has 0 bridgehead atoms. The van der Waals surface area contributed by atoms with Crippen molar-refractivity contribution >= 4 is 17.9 Å². The SMILES string of the molecule is C=C1COC(=O)[C@]12C[C@@]1(C)[C@H]([C@@H](OC(=O)C(C)=CC)CC[C@@H]1C)[C@H]2OC(C)=O. The van der Waals surface area contributed by atoms with Gasteiger partial charge in [0.2, 0.25) is 0 Å². The Balaban J connectivity index is 2.07. The standard InChI is InChI=1S/C22H30O6/c1-7-12(2)19(24)28-16-9-8-13(3)21(6)11-22(14(4)10-26-20(22)25)18(17(16)21)27-15(5)23/h7,13,16-18H,4,8-11H2,1-3,5-6H3/t13-,16-,17+,18+,21+,22+/m0/s1. The predicted octanol–water partition coefficient (Wildman–Crippen LogP) is 3.35. The first-order chi connectivity index (χ1) is 13.1. The lowest BCUT2D eigenvalue weighted by Crippen LogP contribution is -2.50. The second-order valence-electron chi connectivity index (χ2n) is 8.78. The average molecular weight is 390 g/mol. The molecule has 0 aromatic rings. The molecule has 0 unspecified atom stereocenters. The molecule has 0 aromatic carbocycles. The normalized spacial score (nSPS) is 40.2. The summed E-state index contributed by atoms with van der Waals surface area (Å²) in [4.78, 5) is 37.3. The van der Waals surface area contributed by atoms with Crippen LogP contribution in [-0.4, -0.2) is 36.7 Å². The zero-order valence-corrected chi connectivity index (χ0v) is 17.4. The molecule has 154 valence electrons. The van der Waals surface area contributed by atoms with E-state index in [4.69, 9.17) is 14.2 Å². The Morgan fingerprint density at radius 1 is 1.25 bits per heavy atom. The molecule has 0 radical (unpaired) electrons. The van der Waals surface area contributed by atoms with Gasteiger partial charge in [-0.15, -0.1) is 0 Å². The molecule has 2 aliphatic carbocycles. The first-order valence-electron chi connectivity index (χ1n) is 9.94. The highest BCUT2D eigenvalue weighted by Crippen LogP contribution is 2.66. The average Bonchev–Trinajstić information content (AvgIpc) is 3.07. The van der Waals surface area contributed by atoms with Crippen LogP contribution in [0.15, 0.2) is 23.8 Å². The maximum atomic E-state index is 12.9. The van der Waals surface area contributed by atoms with Gasteiger partial charge in [0, 0.05) is 18.4 Å². The monoisotopic (exact) mass is 390 g/mol. The molecule has 6 nitrogen and oxygen atoms in total. The van der Waals surface area contributed by atoms with E-state index in [0.717, 1.165) is 6.42 Å². The lowest BCUT2D eigenvalue weighted by atomic mass is 9.61. The van der Waals surface area contributed by atoms with E-state index in [-0.39, 0.29) is 35.8 Å². The van der Waals surface area contributed by atoms with Gasteiger partial charge in [-0.25, -0.2) is 4.79 Å². The Morgan fingerprint density at radius 2 is 1.93 bits per heavy atom. The number of allylic oxidation sites excluding steroid dienone is 1. The van der Waals surface area contributed by atoms with Crippen LogP contribution in [0.3, 0.4) is 0 Å². The summed E-state index contributed by atoms with van der Waals surface area (Å²) in [6.07, 6.45) is 2.54. The molecule has 1 saturated heterocycles. The molecule has 2 saturated carbocycles. The highest BCUT2D eigenvalue weighted by atomic mass is 16.6. The predicted molar refractivity (Wildman–Crippen MR) is 102 cm³/mol. The van der Waals surface area contributed by atoms with Gasteiger partial charge in [0.05, 0.1) is 0 Å². The van der Waals surface area contributed by atoms with Crippen LogP contribution in [0.2, 0.25) is 0 Å². The summed E-state index contributed by atoms with van der Waals surface area (Å²) in [6, 6.07) is 0. The molecule has 3 aliphatic rings. The Morgan fingerprint density at radius 3 is 2.46 bits per heavy atom. The fraction of sp³-hybridized carbons (Fsp3) is 0.682. The van der Waals surface area contributed by atoms with Gasteiger partial charge in [0.1, 0.15) is 24.2 Å². The van der Waals surface area contributed by atoms with Gasteiger partial charge in [0.25, 0.3) is 0 Å². The second-order valence-corrected chi connectivity index (χ2v) is 8.78. The molecule has 3 fully saturated rings. The number of cyclic esters (lactones) is 1. The Labute approximate surface area is 166 Å². The molecular weight excluding hydrogens is 360 g/mol. The van der Waals surface area contributed by atoms with E-state index in [1.165, 1.54) is 6.92 Å². The van der Waals surface area contributed by atoms with Crippen molar-refractivity contribution in [1.82, 2.24) is 0 Å². The van der Waals surface area contributed by atoms with Crippen LogP contribution in [-0.2, 0) is 28.6 Å². The number of ether oxygens (including phenoxy) is 3. The molecule has 3 rings (SSSR count). The van der Waals surface area contributed by atoms with Gasteiger partial charge in [-0.3, -0.25) is 9.59 Å². The smallest absolute Gasteiger partial charge is 0.333 e. The van der Waals surface area contributed by atoms with E-state index in [0.29, 0.717) is 24.0 Å². The minimum absolute atomic E-state index is 0.135. The van der Waals surface area contributed by atoms with Crippen LogP contribution in [0.1, 0.15) is 53.9 Å². The lowest BCUT2D eigenvalue weighted by Gasteiger charge is -2.46. The number of fused-ring (bicyclic) bond motifs is 1. The van der Waals surface area contributed by atoms with Crippen LogP contribution in [0, 0.1) is 22.7 Å². The van der Waals surface area contributed by atoms with E-state index < -0.39 is 23.6 Å². The number of hydrogen-bond acceptors (Lipinski definition) is 6. The molecule has 0 amide bonds. The van der Waals surface area contributed by atoms with E-state index >= 15 is 0 Å². The fourth-order valence-electron chi connectivity index (χ4n) is 5.42. The minimum atomic E-state index is -1.07. The molecule has 28 heavy (non-hydrogen) atoms. The zero-order valence-electron chi connectivity index (χ0n) is 17.4. The molecule has 1 aliphatic heterocycles. The van der Waals surface area contributed by atoms with Gasteiger partial charge in [-0.1, -0.05) is 26.5 Å². The second kappa shape index (κ2) is 7.05. The molecule has 1 spiro atoms. The molecule has 0 N–H and O–H groups in total. The molecule has 1 heterocycles. The summed E-state index contributed by atoms with van der Waals surface area (Å²) >= 11 is 0. The van der Waals surface area contributed by atoms with Crippen molar-refractivity contribution in [3.05, 3.63) is 23.8 Å². The van der Waals surface area contributed by atoms with Crippen molar-refractivity contribution in [3.8, 4) is 0 Å². The maximum absolute atomic E-state index is 12.9. The van der Waals surface area contributed by atoms with Gasteiger partial charge >= 0.3 is 17.9 Å². The summed E-state index contributed by atoms with van der Waals surface area (Å²) in [6.45, 7) is 13.3. The number of rotatable bonds is 3. The van der Waals surface area contributed by atoms with Gasteiger partial charge in [-0.05, 0) is 50.0 Å². The van der Waals surface area contributed by atoms with Gasteiger partial charge in [0.15, 0.2) is 0 Å². The first kappa shape index (κ1) is 20.6. The summed E-state index contributed by atoms with van der Waals surface area (Å²) in [5.74, 6) is -1.25. The Kier molecular flexibility index (Phi) is 5.19. The van der Waals surface area contributed by atoms with Crippen LogP contribution in [0.25, 0.3) is 0 Å². The molecule has 6 heteroatoms. The first-order valence-corrected chi connectivity index (χ1v) is 9.94. The molecule has 6 atom stereocenters. The van der Waals surface area contributed by atoms with Crippen LogP contribution in [0.5, 0.6) is 0 Å². The van der Waals surface area contributed by atoms with Crippen LogP contribution in [0.4, 0.5) is 0 Å². The van der Waals surface area contributed by atoms with Crippen molar-refractivity contribution in [3.63, 3.8) is 0 Å². The minimum Gasteiger partial charge on any atom is -0.461 e. The zero-order chi connectivity index (χ0) is 20.9. The van der Waals surface area contributed by atoms with E-state index in [9.17, 15) is 14.4 Å². The topological polar surface area (TPSA) is 78.9 Å². The number of esters is 3. The molecular formula is C22H30O6. The third-order valence-electron chi connectivity index (χ3n) is 7.32. The van der Waals surface area contributed by atoms with E-state index in [1.807, 2.05) is 0 Å². The number of hydrogen-bond donors (Lipinski definition) is 0. The van der Waals surface area contributed by atoms with E-state index in [2.05, 4.69) is 20.4 Å². The maximum Gasteiger partial charge on any atom is 0.333 e. The summed E-state index contributed by atoms with van der Waals surface area (Å²) in [7, 11) is 0. The largest absolute Gasteiger partial charge is 0.461 e. The van der Waals surface area contributed by atoms with Crippen LogP contribution < -0.4 is 0 Å². The quantitative estimate of drug-likeness (QED) is 0.318. The summed E-state index contributed by atoms with van der Waals surface area (Å²) in [5, 5.41) is 0. The number of carbonyl (C=O) groups excluding carboxylic acids is 3. The third kappa shape index (κ3) is 2.88. The van der Waals surface area contributed by atoms with Crippen molar-refractivity contribution in [2.24, 2.45) is 22.7 Å². The Bertz CT molecular complexity index is 734. The highest BCUT2D eigenvalue weighted by Gasteiger charge is 2.71. The summed E-state index contributed by atoms with van der Waals surface area (Å²) in [5.41, 5.74) is -0.244. The third-order valence-corrected chi connectivity index (χ3v) is 7.32. The molecule has 0 aromatic heterocycles. The number of carbonyl (C=O) groups is 3. The van der Waals surface area contributed by atoms with E-state index in [1.54, 1.807) is 19.9 Å². The van der Waals surface area contributed by atoms with Crippen LogP contribution >= 0.6 is 0 Å². The Hall–Kier alpha value is -2.11.